The Labute approximate surface area is 219 Å². The molecule has 2 saturated carbocycles. The maximum atomic E-state index is 14.8. The number of aliphatic carboxylic acids is 1. The van der Waals surface area contributed by atoms with Crippen LogP contribution in [0.4, 0.5) is 0 Å². The highest BCUT2D eigenvalue weighted by molar-refractivity contribution is 6.03. The van der Waals surface area contributed by atoms with E-state index in [1.54, 1.807) is 19.1 Å². The summed E-state index contributed by atoms with van der Waals surface area (Å²) in [5.74, 6) is -1.99. The number of amidine groups is 1. The molecule has 9 heteroatoms. The molecule has 202 valence electrons. The van der Waals surface area contributed by atoms with Crippen molar-refractivity contribution < 1.29 is 19.5 Å². The third-order valence-corrected chi connectivity index (χ3v) is 8.92. The molecule has 6 N–H and O–H groups in total. The van der Waals surface area contributed by atoms with Gasteiger partial charge in [-0.1, -0.05) is 56.4 Å². The fraction of sp³-hybridized carbons (Fsp3) is 0.643. The minimum Gasteiger partial charge on any atom is -0.480 e. The van der Waals surface area contributed by atoms with Crippen molar-refractivity contribution in [2.45, 2.75) is 101 Å². The highest BCUT2D eigenvalue weighted by Gasteiger charge is 2.62. The molecule has 37 heavy (non-hydrogen) atoms. The normalized spacial score (nSPS) is 29.3. The number of hydrogen-bond donors (Lipinski definition) is 4. The van der Waals surface area contributed by atoms with Gasteiger partial charge in [-0.15, -0.1) is 0 Å². The summed E-state index contributed by atoms with van der Waals surface area (Å²) >= 11 is 0. The summed E-state index contributed by atoms with van der Waals surface area (Å²) in [6.45, 7) is 3.18. The summed E-state index contributed by atoms with van der Waals surface area (Å²) in [5.41, 5.74) is 12.0. The number of carboxylic acid groups (broad SMARTS) is 1. The van der Waals surface area contributed by atoms with Gasteiger partial charge in [0.25, 0.3) is 0 Å². The largest absolute Gasteiger partial charge is 0.480 e. The summed E-state index contributed by atoms with van der Waals surface area (Å²) in [4.78, 5) is 43.7. The Kier molecular flexibility index (Phi) is 8.04. The van der Waals surface area contributed by atoms with Crippen molar-refractivity contribution in [3.05, 3.63) is 35.4 Å². The summed E-state index contributed by atoms with van der Waals surface area (Å²) < 4.78 is 0. The average molecular weight is 512 g/mol. The van der Waals surface area contributed by atoms with Gasteiger partial charge < -0.3 is 16.6 Å². The smallest absolute Gasteiger partial charge is 0.317 e. The number of fused-ring (bicyclic) bond motifs is 1. The Morgan fingerprint density at radius 2 is 1.68 bits per heavy atom. The van der Waals surface area contributed by atoms with Crippen LogP contribution in [0.15, 0.2) is 24.3 Å². The van der Waals surface area contributed by atoms with Crippen LogP contribution in [0.3, 0.4) is 0 Å². The molecule has 1 heterocycles. The van der Waals surface area contributed by atoms with Gasteiger partial charge in [0, 0.05) is 23.6 Å². The van der Waals surface area contributed by atoms with E-state index in [1.165, 1.54) is 4.90 Å². The van der Waals surface area contributed by atoms with Crippen molar-refractivity contribution in [2.24, 2.45) is 17.4 Å². The van der Waals surface area contributed by atoms with E-state index in [0.717, 1.165) is 63.4 Å². The summed E-state index contributed by atoms with van der Waals surface area (Å²) in [5, 5.41) is 17.7. The van der Waals surface area contributed by atoms with Crippen LogP contribution in [0, 0.1) is 11.3 Å². The number of hydrogen-bond acceptors (Lipinski definition) is 6. The number of nitrogens with one attached hydrogen (secondary N) is 1. The Hall–Kier alpha value is -2.78. The Balaban J connectivity index is 1.86. The second-order valence-corrected chi connectivity index (χ2v) is 11.3. The number of nitrogens with zero attached hydrogens (tertiary/aromatic N) is 2. The molecule has 9 nitrogen and oxygen atoms in total. The van der Waals surface area contributed by atoms with Crippen molar-refractivity contribution in [2.75, 3.05) is 6.54 Å². The van der Waals surface area contributed by atoms with E-state index in [9.17, 15) is 19.5 Å². The predicted molar refractivity (Wildman–Crippen MR) is 141 cm³/mol. The van der Waals surface area contributed by atoms with Gasteiger partial charge in [0.15, 0.2) is 0 Å². The number of nitrogen functional groups attached to an aromatic ring is 1. The molecule has 5 atom stereocenters. The number of likely N-dealkylation sites (tertiary alicyclic amines) is 1. The van der Waals surface area contributed by atoms with Crippen LogP contribution in [0.2, 0.25) is 0 Å². The number of amides is 2. The average Bonchev–Trinajstić information content (AvgIpc) is 3.13. The van der Waals surface area contributed by atoms with E-state index in [4.69, 9.17) is 16.9 Å². The van der Waals surface area contributed by atoms with Crippen molar-refractivity contribution >= 4 is 23.6 Å². The van der Waals surface area contributed by atoms with E-state index in [0.29, 0.717) is 5.56 Å². The SMILES string of the molecule is C[C@H](N)C(=O)N(C(=O)C1(C)C(c2ccc(C(=N)N)cc2)C2CCCCC2N1CC(=O)O)C1CCCCC1. The fourth-order valence-corrected chi connectivity index (χ4v) is 7.23. The molecule has 1 aromatic carbocycles. The van der Waals surface area contributed by atoms with Crippen molar-refractivity contribution in [1.82, 2.24) is 9.80 Å². The lowest BCUT2D eigenvalue weighted by atomic mass is 9.70. The van der Waals surface area contributed by atoms with Crippen LogP contribution in [-0.4, -0.2) is 68.7 Å². The van der Waals surface area contributed by atoms with Gasteiger partial charge in [-0.05, 0) is 51.0 Å². The molecule has 2 aliphatic carbocycles. The number of carbonyl (C=O) groups is 3. The molecule has 0 radical (unpaired) electrons. The molecule has 2 amide bonds. The molecule has 4 unspecified atom stereocenters. The second kappa shape index (κ2) is 10.9. The minimum atomic E-state index is -1.24. The quantitative estimate of drug-likeness (QED) is 0.324. The molecule has 1 aromatic rings. The predicted octanol–water partition coefficient (Wildman–Crippen LogP) is 2.81. The van der Waals surface area contributed by atoms with Gasteiger partial charge in [-0.3, -0.25) is 29.6 Å². The van der Waals surface area contributed by atoms with E-state index in [2.05, 4.69) is 0 Å². The summed E-state index contributed by atoms with van der Waals surface area (Å²) in [7, 11) is 0. The monoisotopic (exact) mass is 511 g/mol. The molecule has 1 aliphatic heterocycles. The number of imide groups is 1. The minimum absolute atomic E-state index is 0.0362. The first-order chi connectivity index (χ1) is 17.6. The van der Waals surface area contributed by atoms with Crippen LogP contribution < -0.4 is 11.5 Å². The number of rotatable bonds is 7. The number of benzene rings is 1. The standard InChI is InChI=1S/C28H41N5O4/c1-17(29)26(36)33(20-8-4-3-5-9-20)27(37)28(2)24(18-12-14-19(15-13-18)25(30)31)21-10-6-7-11-22(21)32(28)16-23(34)35/h12-15,17,20-22,24H,3-11,16,29H2,1-2H3,(H3,30,31)(H,34,35)/t17-,21?,22?,24?,28?/m0/s1. The molecular formula is C28H41N5O4. The Morgan fingerprint density at radius 1 is 1.08 bits per heavy atom. The third-order valence-electron chi connectivity index (χ3n) is 8.92. The molecule has 0 aromatic heterocycles. The van der Waals surface area contributed by atoms with E-state index in [1.807, 2.05) is 24.0 Å². The third kappa shape index (κ3) is 5.03. The maximum absolute atomic E-state index is 14.8. The summed E-state index contributed by atoms with van der Waals surface area (Å²) in [6.07, 6.45) is 8.12. The zero-order chi connectivity index (χ0) is 26.9. The Morgan fingerprint density at radius 3 is 2.24 bits per heavy atom. The van der Waals surface area contributed by atoms with Crippen molar-refractivity contribution in [1.29, 1.82) is 5.41 Å². The first kappa shape index (κ1) is 27.3. The molecule has 3 fully saturated rings. The maximum Gasteiger partial charge on any atom is 0.317 e. The lowest BCUT2D eigenvalue weighted by molar-refractivity contribution is -0.158. The van der Waals surface area contributed by atoms with Gasteiger partial charge in [0.2, 0.25) is 11.8 Å². The second-order valence-electron chi connectivity index (χ2n) is 11.3. The molecule has 0 bridgehead atoms. The van der Waals surface area contributed by atoms with E-state index >= 15 is 0 Å². The zero-order valence-electron chi connectivity index (χ0n) is 22.0. The Bertz CT molecular complexity index is 1040. The lowest BCUT2D eigenvalue weighted by Crippen LogP contribution is -2.64. The first-order valence-electron chi connectivity index (χ1n) is 13.6. The van der Waals surface area contributed by atoms with Crippen LogP contribution in [0.5, 0.6) is 0 Å². The number of carbonyl (C=O) groups excluding carboxylic acids is 2. The van der Waals surface area contributed by atoms with Crippen LogP contribution in [0.1, 0.15) is 88.7 Å². The first-order valence-corrected chi connectivity index (χ1v) is 13.6. The van der Waals surface area contributed by atoms with Gasteiger partial charge in [0.1, 0.15) is 11.4 Å². The molecule has 0 spiro atoms. The number of nitrogens with two attached hydrogens (primary N) is 2. The van der Waals surface area contributed by atoms with Crippen LogP contribution >= 0.6 is 0 Å². The van der Waals surface area contributed by atoms with Gasteiger partial charge in [-0.25, -0.2) is 0 Å². The lowest BCUT2D eigenvalue weighted by Gasteiger charge is -2.44. The van der Waals surface area contributed by atoms with E-state index < -0.39 is 23.5 Å². The highest BCUT2D eigenvalue weighted by atomic mass is 16.4. The topological polar surface area (TPSA) is 154 Å². The molecule has 1 saturated heterocycles. The molecule has 3 aliphatic rings. The number of carboxylic acids is 1. The highest BCUT2D eigenvalue weighted by Crippen LogP contribution is 2.55. The van der Waals surface area contributed by atoms with Crippen molar-refractivity contribution in [3.63, 3.8) is 0 Å². The van der Waals surface area contributed by atoms with Crippen LogP contribution in [-0.2, 0) is 14.4 Å². The van der Waals surface area contributed by atoms with E-state index in [-0.39, 0.29) is 42.2 Å². The van der Waals surface area contributed by atoms with Crippen LogP contribution in [0.25, 0.3) is 0 Å². The summed E-state index contributed by atoms with van der Waals surface area (Å²) in [6, 6.07) is 6.24. The van der Waals surface area contributed by atoms with Gasteiger partial charge >= 0.3 is 5.97 Å². The zero-order valence-corrected chi connectivity index (χ0v) is 22.0. The fourth-order valence-electron chi connectivity index (χ4n) is 7.23. The van der Waals surface area contributed by atoms with Gasteiger partial charge in [0.05, 0.1) is 12.6 Å². The molecule has 4 rings (SSSR count). The van der Waals surface area contributed by atoms with Crippen molar-refractivity contribution in [3.8, 4) is 0 Å². The molecular weight excluding hydrogens is 470 g/mol. The van der Waals surface area contributed by atoms with Gasteiger partial charge in [-0.2, -0.15) is 0 Å².